The summed E-state index contributed by atoms with van der Waals surface area (Å²) in [5, 5.41) is 16.8. The highest BCUT2D eigenvalue weighted by molar-refractivity contribution is 5.72. The molecule has 1 aliphatic rings. The molecule has 20 heavy (non-hydrogen) atoms. The molecule has 0 aliphatic heterocycles. The van der Waals surface area contributed by atoms with Crippen LogP contribution in [0.5, 0.6) is 0 Å². The molecule has 0 bridgehead atoms. The number of nitrogens with zero attached hydrogens (tertiary/aromatic N) is 3. The van der Waals surface area contributed by atoms with Gasteiger partial charge in [-0.05, 0) is 18.9 Å². The number of carbonyl (C=O) groups is 1. The second-order valence-corrected chi connectivity index (χ2v) is 5.47. The predicted molar refractivity (Wildman–Crippen MR) is 74.7 cm³/mol. The third-order valence-corrected chi connectivity index (χ3v) is 4.01. The van der Waals surface area contributed by atoms with Crippen LogP contribution in [0, 0.1) is 0 Å². The highest BCUT2D eigenvalue weighted by Gasteiger charge is 2.35. The first-order valence-electron chi connectivity index (χ1n) is 6.97. The molecular formula is C14H18N4O2. The summed E-state index contributed by atoms with van der Waals surface area (Å²) in [4.78, 5) is 15.6. The molecule has 0 radical (unpaired) electrons. The average Bonchev–Trinajstić information content (AvgIpc) is 2.88. The summed E-state index contributed by atoms with van der Waals surface area (Å²) in [5.41, 5.74) is 0.492. The van der Waals surface area contributed by atoms with E-state index in [9.17, 15) is 9.90 Å². The molecular weight excluding hydrogens is 256 g/mol. The van der Waals surface area contributed by atoms with Gasteiger partial charge < -0.3 is 10.4 Å². The van der Waals surface area contributed by atoms with Crippen molar-refractivity contribution in [3.8, 4) is 0 Å². The first kappa shape index (κ1) is 12.9. The molecule has 0 amide bonds. The molecule has 1 saturated carbocycles. The Morgan fingerprint density at radius 1 is 1.35 bits per heavy atom. The molecule has 106 valence electrons. The van der Waals surface area contributed by atoms with Gasteiger partial charge in [0.1, 0.15) is 5.52 Å². The quantitative estimate of drug-likeness (QED) is 0.894. The lowest BCUT2D eigenvalue weighted by Crippen LogP contribution is -2.42. The Morgan fingerprint density at radius 2 is 2.15 bits per heavy atom. The highest BCUT2D eigenvalue weighted by atomic mass is 16.4. The Kier molecular flexibility index (Phi) is 3.30. The molecule has 2 aromatic rings. The van der Waals surface area contributed by atoms with Gasteiger partial charge in [0.25, 0.3) is 0 Å². The van der Waals surface area contributed by atoms with Crippen molar-refractivity contribution in [2.75, 3.05) is 5.32 Å². The number of hydrogen-bond acceptors (Lipinski definition) is 4. The van der Waals surface area contributed by atoms with E-state index >= 15 is 0 Å². The maximum absolute atomic E-state index is 11.2. The van der Waals surface area contributed by atoms with Gasteiger partial charge in [-0.15, -0.1) is 0 Å². The smallest absolute Gasteiger partial charge is 0.305 e. The van der Waals surface area contributed by atoms with Crippen LogP contribution in [0.1, 0.15) is 38.5 Å². The van der Waals surface area contributed by atoms with E-state index in [1.54, 1.807) is 23.1 Å². The Balaban J connectivity index is 1.92. The number of aliphatic carboxylic acids is 1. The van der Waals surface area contributed by atoms with E-state index in [4.69, 9.17) is 0 Å². The second kappa shape index (κ2) is 5.11. The number of anilines is 1. The summed E-state index contributed by atoms with van der Waals surface area (Å²) in [5.74, 6) is -0.0481. The fourth-order valence-corrected chi connectivity index (χ4v) is 3.07. The van der Waals surface area contributed by atoms with Gasteiger partial charge in [-0.2, -0.15) is 5.10 Å². The summed E-state index contributed by atoms with van der Waals surface area (Å²) < 4.78 is 1.74. The molecule has 1 aliphatic carbocycles. The van der Waals surface area contributed by atoms with Crippen molar-refractivity contribution in [2.24, 2.45) is 0 Å². The van der Waals surface area contributed by atoms with Crippen LogP contribution in [-0.2, 0) is 4.79 Å². The third kappa shape index (κ3) is 2.45. The summed E-state index contributed by atoms with van der Waals surface area (Å²) in [6.45, 7) is 0. The molecule has 2 aromatic heterocycles. The van der Waals surface area contributed by atoms with E-state index in [1.807, 2.05) is 6.07 Å². The van der Waals surface area contributed by atoms with Crippen LogP contribution in [0.25, 0.3) is 5.52 Å². The number of aromatic nitrogens is 3. The Bertz CT molecular complexity index is 616. The second-order valence-electron chi connectivity index (χ2n) is 5.47. The predicted octanol–water partition coefficient (Wildman–Crippen LogP) is 2.32. The number of rotatable bonds is 4. The van der Waals surface area contributed by atoms with Crippen LogP contribution in [0.3, 0.4) is 0 Å². The van der Waals surface area contributed by atoms with E-state index in [2.05, 4.69) is 15.4 Å². The van der Waals surface area contributed by atoms with Crippen molar-refractivity contribution in [2.45, 2.75) is 44.1 Å². The van der Waals surface area contributed by atoms with Crippen LogP contribution < -0.4 is 5.32 Å². The van der Waals surface area contributed by atoms with Gasteiger partial charge in [-0.3, -0.25) is 4.79 Å². The molecule has 2 N–H and O–H groups in total. The van der Waals surface area contributed by atoms with Gasteiger partial charge in [-0.25, -0.2) is 9.50 Å². The fraction of sp³-hybridized carbons (Fsp3) is 0.500. The molecule has 0 unspecified atom stereocenters. The molecule has 3 rings (SSSR count). The first-order chi connectivity index (χ1) is 9.69. The van der Waals surface area contributed by atoms with Gasteiger partial charge in [-0.1, -0.05) is 19.3 Å². The number of nitrogens with one attached hydrogen (secondary N) is 1. The molecule has 2 heterocycles. The van der Waals surface area contributed by atoms with Gasteiger partial charge in [0.15, 0.2) is 5.82 Å². The van der Waals surface area contributed by atoms with Gasteiger partial charge in [0.05, 0.1) is 12.6 Å². The summed E-state index contributed by atoms with van der Waals surface area (Å²) in [7, 11) is 0. The molecule has 0 spiro atoms. The molecule has 0 atom stereocenters. The van der Waals surface area contributed by atoms with Crippen LogP contribution in [0.15, 0.2) is 24.7 Å². The summed E-state index contributed by atoms with van der Waals surface area (Å²) in [6.07, 6.45) is 10.3. The van der Waals surface area contributed by atoms with Crippen molar-refractivity contribution in [1.82, 2.24) is 14.6 Å². The van der Waals surface area contributed by atoms with Crippen molar-refractivity contribution in [3.05, 3.63) is 24.7 Å². The number of fused-ring (bicyclic) bond motifs is 1. The highest BCUT2D eigenvalue weighted by Crippen LogP contribution is 2.34. The van der Waals surface area contributed by atoms with Crippen LogP contribution in [-0.4, -0.2) is 31.2 Å². The molecule has 1 fully saturated rings. The fourth-order valence-electron chi connectivity index (χ4n) is 3.07. The Morgan fingerprint density at radius 3 is 2.90 bits per heavy atom. The van der Waals surface area contributed by atoms with Gasteiger partial charge in [0, 0.05) is 17.9 Å². The van der Waals surface area contributed by atoms with E-state index in [0.717, 1.165) is 31.2 Å². The lowest BCUT2D eigenvalue weighted by molar-refractivity contribution is -0.138. The summed E-state index contributed by atoms with van der Waals surface area (Å²) in [6, 6.07) is 1.88. The lowest BCUT2D eigenvalue weighted by atomic mass is 9.79. The summed E-state index contributed by atoms with van der Waals surface area (Å²) >= 11 is 0. The number of carboxylic acid groups (broad SMARTS) is 1. The lowest BCUT2D eigenvalue weighted by Gasteiger charge is -2.37. The maximum Gasteiger partial charge on any atom is 0.305 e. The Labute approximate surface area is 116 Å². The van der Waals surface area contributed by atoms with Crippen molar-refractivity contribution in [1.29, 1.82) is 0 Å². The Hall–Kier alpha value is -2.11. The van der Waals surface area contributed by atoms with E-state index in [-0.39, 0.29) is 12.0 Å². The topological polar surface area (TPSA) is 79.5 Å². The third-order valence-electron chi connectivity index (χ3n) is 4.01. The zero-order valence-corrected chi connectivity index (χ0v) is 11.2. The first-order valence-corrected chi connectivity index (χ1v) is 6.97. The normalized spacial score (nSPS) is 18.0. The van der Waals surface area contributed by atoms with Crippen LogP contribution in [0.2, 0.25) is 0 Å². The minimum Gasteiger partial charge on any atom is -0.481 e. The maximum atomic E-state index is 11.2. The van der Waals surface area contributed by atoms with Crippen molar-refractivity contribution in [3.63, 3.8) is 0 Å². The van der Waals surface area contributed by atoms with Crippen LogP contribution >= 0.6 is 0 Å². The molecule has 0 saturated heterocycles. The van der Waals surface area contributed by atoms with E-state index in [0.29, 0.717) is 5.82 Å². The zero-order chi connectivity index (χ0) is 14.0. The van der Waals surface area contributed by atoms with E-state index in [1.165, 1.54) is 6.42 Å². The number of hydrogen-bond donors (Lipinski definition) is 2. The molecule has 0 aromatic carbocycles. The minimum atomic E-state index is -0.764. The largest absolute Gasteiger partial charge is 0.481 e. The molecule has 6 nitrogen and oxygen atoms in total. The minimum absolute atomic E-state index is 0.129. The van der Waals surface area contributed by atoms with Crippen molar-refractivity contribution < 1.29 is 9.90 Å². The van der Waals surface area contributed by atoms with Gasteiger partial charge >= 0.3 is 5.97 Å². The SMILES string of the molecule is O=C(O)CC1(Nc2nccn3nccc23)CCCCC1. The zero-order valence-electron chi connectivity index (χ0n) is 11.2. The monoisotopic (exact) mass is 274 g/mol. The van der Waals surface area contributed by atoms with Gasteiger partial charge in [0.2, 0.25) is 0 Å². The van der Waals surface area contributed by atoms with E-state index < -0.39 is 5.97 Å². The standard InChI is InChI=1S/C14H18N4O2/c19-12(20)10-14(5-2-1-3-6-14)17-13-11-4-7-16-18(11)9-8-15-13/h4,7-9H,1-3,5-6,10H2,(H,15,17)(H,19,20). The van der Waals surface area contributed by atoms with Crippen molar-refractivity contribution >= 4 is 17.3 Å². The molecule has 6 heteroatoms. The average molecular weight is 274 g/mol. The van der Waals surface area contributed by atoms with Crippen LogP contribution in [0.4, 0.5) is 5.82 Å². The number of carboxylic acids is 1.